The molecule has 0 saturated carbocycles. The van der Waals surface area contributed by atoms with E-state index in [0.717, 1.165) is 11.3 Å². The normalized spacial score (nSPS) is 11.7. The van der Waals surface area contributed by atoms with Gasteiger partial charge in [-0.1, -0.05) is 0 Å². The minimum Gasteiger partial charge on any atom is -0.408 e. The minimum atomic E-state index is -0.674. The number of imidazole rings is 1. The summed E-state index contributed by atoms with van der Waals surface area (Å²) in [7, 11) is 0. The Morgan fingerprint density at radius 1 is 1.35 bits per heavy atom. The molecule has 0 unspecified atom stereocenters. The van der Waals surface area contributed by atoms with Gasteiger partial charge in [-0.05, 0) is 32.0 Å². The first-order valence-corrected chi connectivity index (χ1v) is 6.09. The fourth-order valence-electron chi connectivity index (χ4n) is 1.96. The van der Waals surface area contributed by atoms with E-state index in [0.29, 0.717) is 16.9 Å². The van der Waals surface area contributed by atoms with Gasteiger partial charge in [-0.15, -0.1) is 0 Å². The van der Waals surface area contributed by atoms with Crippen molar-refractivity contribution in [1.29, 1.82) is 5.26 Å². The van der Waals surface area contributed by atoms with Gasteiger partial charge in [0.1, 0.15) is 11.2 Å². The lowest BCUT2D eigenvalue weighted by atomic mass is 9.95. The number of fused-ring (bicyclic) bond motifs is 1. The standard InChI is InChI=1S/C14H12N4O2/c1-14(2,7-15)12-16-6-10(17-12)8-3-4-11-9(5-8)18-13(19)20-11/h3-6H,1-2H3,(H,16,17)(H,18,19). The van der Waals surface area contributed by atoms with E-state index in [1.807, 2.05) is 6.07 Å². The van der Waals surface area contributed by atoms with Crippen LogP contribution in [-0.2, 0) is 5.41 Å². The molecule has 2 heterocycles. The van der Waals surface area contributed by atoms with E-state index in [1.54, 1.807) is 32.2 Å². The minimum absolute atomic E-state index is 0.479. The van der Waals surface area contributed by atoms with E-state index >= 15 is 0 Å². The van der Waals surface area contributed by atoms with E-state index < -0.39 is 11.2 Å². The smallest absolute Gasteiger partial charge is 0.408 e. The first kappa shape index (κ1) is 12.2. The molecule has 1 aromatic carbocycles. The topological polar surface area (TPSA) is 98.5 Å². The number of hydrogen-bond donors (Lipinski definition) is 2. The molecule has 0 saturated heterocycles. The highest BCUT2D eigenvalue weighted by Crippen LogP contribution is 2.25. The highest BCUT2D eigenvalue weighted by Gasteiger charge is 2.23. The number of benzene rings is 1. The number of aromatic nitrogens is 3. The van der Waals surface area contributed by atoms with Gasteiger partial charge in [0.15, 0.2) is 5.58 Å². The fraction of sp³-hybridized carbons (Fsp3) is 0.214. The van der Waals surface area contributed by atoms with Crippen molar-refractivity contribution in [2.45, 2.75) is 19.3 Å². The zero-order chi connectivity index (χ0) is 14.3. The molecule has 6 heteroatoms. The maximum atomic E-state index is 11.1. The lowest BCUT2D eigenvalue weighted by Crippen LogP contribution is -2.15. The molecule has 3 aromatic rings. The molecule has 3 rings (SSSR count). The Balaban J connectivity index is 2.07. The summed E-state index contributed by atoms with van der Waals surface area (Å²) in [6.45, 7) is 3.60. The summed E-state index contributed by atoms with van der Waals surface area (Å²) in [5.74, 6) is 0.129. The van der Waals surface area contributed by atoms with Crippen molar-refractivity contribution in [2.24, 2.45) is 0 Å². The maximum absolute atomic E-state index is 11.1. The lowest BCUT2D eigenvalue weighted by Gasteiger charge is -2.10. The predicted molar refractivity (Wildman–Crippen MR) is 73.1 cm³/mol. The van der Waals surface area contributed by atoms with E-state index in [1.165, 1.54) is 0 Å². The molecule has 0 bridgehead atoms. The van der Waals surface area contributed by atoms with Crippen LogP contribution < -0.4 is 5.76 Å². The zero-order valence-corrected chi connectivity index (χ0v) is 11.0. The van der Waals surface area contributed by atoms with Gasteiger partial charge in [0, 0.05) is 5.56 Å². The summed E-state index contributed by atoms with van der Waals surface area (Å²) in [6, 6.07) is 7.55. The van der Waals surface area contributed by atoms with E-state index in [9.17, 15) is 4.79 Å². The number of aromatic amines is 2. The Hall–Kier alpha value is -2.81. The van der Waals surface area contributed by atoms with Gasteiger partial charge in [-0.25, -0.2) is 9.78 Å². The lowest BCUT2D eigenvalue weighted by molar-refractivity contribution is 0.555. The van der Waals surface area contributed by atoms with Gasteiger partial charge in [0.2, 0.25) is 0 Å². The predicted octanol–water partition coefficient (Wildman–Crippen LogP) is 2.31. The van der Waals surface area contributed by atoms with Gasteiger partial charge >= 0.3 is 5.76 Å². The Kier molecular flexibility index (Phi) is 2.51. The molecule has 0 amide bonds. The third kappa shape index (κ3) is 1.89. The van der Waals surface area contributed by atoms with Crippen LogP contribution in [0.3, 0.4) is 0 Å². The molecule has 0 aliphatic rings. The average molecular weight is 268 g/mol. The van der Waals surface area contributed by atoms with Gasteiger partial charge in [0.05, 0.1) is 23.5 Å². The number of nitrogens with zero attached hydrogens (tertiary/aromatic N) is 2. The van der Waals surface area contributed by atoms with Crippen molar-refractivity contribution in [3.05, 3.63) is 40.8 Å². The van der Waals surface area contributed by atoms with Crippen LogP contribution in [0.2, 0.25) is 0 Å². The van der Waals surface area contributed by atoms with Gasteiger partial charge in [-0.3, -0.25) is 4.98 Å². The average Bonchev–Trinajstić information content (AvgIpc) is 3.02. The molecule has 0 aliphatic carbocycles. The molecule has 0 fully saturated rings. The second kappa shape index (κ2) is 4.10. The molecule has 100 valence electrons. The summed E-state index contributed by atoms with van der Waals surface area (Å²) in [5.41, 5.74) is 2.11. The highest BCUT2D eigenvalue weighted by atomic mass is 16.4. The fourth-order valence-corrected chi connectivity index (χ4v) is 1.96. The third-order valence-corrected chi connectivity index (χ3v) is 3.18. The Labute approximate surface area is 114 Å². The van der Waals surface area contributed by atoms with Gasteiger partial charge < -0.3 is 9.40 Å². The second-order valence-corrected chi connectivity index (χ2v) is 5.11. The van der Waals surface area contributed by atoms with Crippen LogP contribution in [0, 0.1) is 11.3 Å². The number of hydrogen-bond acceptors (Lipinski definition) is 4. The molecule has 2 N–H and O–H groups in total. The molecule has 0 aliphatic heterocycles. The molecule has 2 aromatic heterocycles. The summed E-state index contributed by atoms with van der Waals surface area (Å²) >= 11 is 0. The summed E-state index contributed by atoms with van der Waals surface area (Å²) in [6.07, 6.45) is 1.67. The number of H-pyrrole nitrogens is 2. The molecule has 0 atom stereocenters. The number of nitrogens with one attached hydrogen (secondary N) is 2. The van der Waals surface area contributed by atoms with Gasteiger partial charge in [0.25, 0.3) is 0 Å². The summed E-state index contributed by atoms with van der Waals surface area (Å²) in [5, 5.41) is 9.11. The zero-order valence-electron chi connectivity index (χ0n) is 11.0. The van der Waals surface area contributed by atoms with Crippen LogP contribution in [0.5, 0.6) is 0 Å². The highest BCUT2D eigenvalue weighted by molar-refractivity contribution is 5.78. The largest absolute Gasteiger partial charge is 0.417 e. The number of rotatable bonds is 2. The molecular formula is C14H12N4O2. The Morgan fingerprint density at radius 2 is 2.15 bits per heavy atom. The van der Waals surface area contributed by atoms with Crippen LogP contribution in [0.15, 0.2) is 33.6 Å². The second-order valence-electron chi connectivity index (χ2n) is 5.11. The maximum Gasteiger partial charge on any atom is 0.417 e. The van der Waals surface area contributed by atoms with Crippen LogP contribution in [-0.4, -0.2) is 15.0 Å². The monoisotopic (exact) mass is 268 g/mol. The van der Waals surface area contributed by atoms with Crippen molar-refractivity contribution in [3.63, 3.8) is 0 Å². The summed E-state index contributed by atoms with van der Waals surface area (Å²) < 4.78 is 4.96. The van der Waals surface area contributed by atoms with Crippen LogP contribution in [0.4, 0.5) is 0 Å². The molecule has 6 nitrogen and oxygen atoms in total. The van der Waals surface area contributed by atoms with E-state index in [4.69, 9.17) is 9.68 Å². The SMILES string of the molecule is CC(C)(C#N)c1ncc(-c2ccc3oc(=O)[nH]c3c2)[nH]1. The van der Waals surface area contributed by atoms with Crippen LogP contribution >= 0.6 is 0 Å². The Morgan fingerprint density at radius 3 is 2.90 bits per heavy atom. The van der Waals surface area contributed by atoms with Crippen LogP contribution in [0.25, 0.3) is 22.4 Å². The first-order chi connectivity index (χ1) is 9.49. The van der Waals surface area contributed by atoms with Gasteiger partial charge in [-0.2, -0.15) is 5.26 Å². The molecular weight excluding hydrogens is 256 g/mol. The van der Waals surface area contributed by atoms with Crippen molar-refractivity contribution < 1.29 is 4.42 Å². The first-order valence-electron chi connectivity index (χ1n) is 6.09. The van der Waals surface area contributed by atoms with Crippen molar-refractivity contribution >= 4 is 11.1 Å². The Bertz CT molecular complexity index is 876. The van der Waals surface area contributed by atoms with E-state index in [2.05, 4.69) is 21.0 Å². The quantitative estimate of drug-likeness (QED) is 0.745. The molecule has 20 heavy (non-hydrogen) atoms. The molecule has 0 radical (unpaired) electrons. The molecule has 0 spiro atoms. The van der Waals surface area contributed by atoms with Crippen molar-refractivity contribution in [1.82, 2.24) is 15.0 Å². The number of nitriles is 1. The number of oxazole rings is 1. The van der Waals surface area contributed by atoms with Crippen molar-refractivity contribution in [2.75, 3.05) is 0 Å². The third-order valence-electron chi connectivity index (χ3n) is 3.18. The van der Waals surface area contributed by atoms with E-state index in [-0.39, 0.29) is 0 Å². The summed E-state index contributed by atoms with van der Waals surface area (Å²) in [4.78, 5) is 21.1. The van der Waals surface area contributed by atoms with Crippen LogP contribution in [0.1, 0.15) is 19.7 Å². The van der Waals surface area contributed by atoms with Crippen molar-refractivity contribution in [3.8, 4) is 17.3 Å².